The lowest BCUT2D eigenvalue weighted by atomic mass is 9.86. The zero-order valence-electron chi connectivity index (χ0n) is 12.7. The van der Waals surface area contributed by atoms with E-state index in [1.807, 2.05) is 0 Å². The van der Waals surface area contributed by atoms with Crippen molar-refractivity contribution < 1.29 is 18.7 Å². The van der Waals surface area contributed by atoms with Crippen LogP contribution in [0.1, 0.15) is 32.1 Å². The van der Waals surface area contributed by atoms with Crippen LogP contribution in [-0.4, -0.2) is 18.5 Å². The Morgan fingerprint density at radius 2 is 2.13 bits per heavy atom. The van der Waals surface area contributed by atoms with Gasteiger partial charge in [-0.05, 0) is 55.2 Å². The molecule has 2 fully saturated rings. The molecular formula is C17H19BrFNO3. The van der Waals surface area contributed by atoms with Gasteiger partial charge in [-0.2, -0.15) is 0 Å². The molecule has 1 aromatic carbocycles. The van der Waals surface area contributed by atoms with Crippen LogP contribution in [0.25, 0.3) is 0 Å². The van der Waals surface area contributed by atoms with E-state index in [0.29, 0.717) is 22.7 Å². The van der Waals surface area contributed by atoms with Gasteiger partial charge in [-0.3, -0.25) is 9.59 Å². The summed E-state index contributed by atoms with van der Waals surface area (Å²) in [5.74, 6) is 0.426. The van der Waals surface area contributed by atoms with Crippen LogP contribution in [0.15, 0.2) is 22.7 Å². The molecule has 1 N–H and O–H groups in total. The summed E-state index contributed by atoms with van der Waals surface area (Å²) in [7, 11) is 0. The zero-order valence-corrected chi connectivity index (χ0v) is 14.3. The predicted octanol–water partition coefficient (Wildman–Crippen LogP) is 3.90. The highest BCUT2D eigenvalue weighted by Crippen LogP contribution is 2.49. The molecule has 4 nitrogen and oxygen atoms in total. The van der Waals surface area contributed by atoms with Gasteiger partial charge in [0, 0.05) is 10.9 Å². The third-order valence-corrected chi connectivity index (χ3v) is 5.38. The Kier molecular flexibility index (Phi) is 4.99. The first kappa shape index (κ1) is 16.4. The summed E-state index contributed by atoms with van der Waals surface area (Å²) in [6.07, 6.45) is 5.24. The monoisotopic (exact) mass is 383 g/mol. The van der Waals surface area contributed by atoms with Gasteiger partial charge in [0.15, 0.2) is 6.61 Å². The fourth-order valence-corrected chi connectivity index (χ4v) is 4.16. The van der Waals surface area contributed by atoms with Crippen LogP contribution in [0, 0.1) is 23.6 Å². The quantitative estimate of drug-likeness (QED) is 0.784. The van der Waals surface area contributed by atoms with Gasteiger partial charge in [-0.15, -0.1) is 0 Å². The number of fused-ring (bicyclic) bond motifs is 2. The first-order chi connectivity index (χ1) is 11.0. The number of hydrogen-bond acceptors (Lipinski definition) is 3. The third-order valence-electron chi connectivity index (χ3n) is 4.88. The molecule has 0 aliphatic heterocycles. The topological polar surface area (TPSA) is 55.4 Å². The fraction of sp³-hybridized carbons (Fsp3) is 0.529. The standard InChI is InChI=1S/C17H19BrFNO3/c18-13-3-4-15(14(19)8-13)20-16(21)9-23-17(22)7-12-6-10-1-2-11(12)5-10/h3-4,8,10-12H,1-2,5-7,9H2,(H,20,21)/t10-,11-,12+/m1/s1. The minimum atomic E-state index is -0.541. The molecule has 2 saturated carbocycles. The Morgan fingerprint density at radius 1 is 1.30 bits per heavy atom. The van der Waals surface area contributed by atoms with Crippen molar-refractivity contribution in [2.75, 3.05) is 11.9 Å². The predicted molar refractivity (Wildman–Crippen MR) is 87.2 cm³/mol. The Bertz CT molecular complexity index is 622. The summed E-state index contributed by atoms with van der Waals surface area (Å²) in [5, 5.41) is 2.40. The van der Waals surface area contributed by atoms with Crippen molar-refractivity contribution >= 4 is 33.5 Å². The average Bonchev–Trinajstić information content (AvgIpc) is 3.11. The van der Waals surface area contributed by atoms with Gasteiger partial charge >= 0.3 is 5.97 Å². The minimum Gasteiger partial charge on any atom is -0.456 e. The van der Waals surface area contributed by atoms with Crippen molar-refractivity contribution in [1.29, 1.82) is 0 Å². The number of esters is 1. The van der Waals surface area contributed by atoms with E-state index in [9.17, 15) is 14.0 Å². The van der Waals surface area contributed by atoms with E-state index in [2.05, 4.69) is 21.2 Å². The van der Waals surface area contributed by atoms with E-state index in [1.54, 1.807) is 6.07 Å². The van der Waals surface area contributed by atoms with Crippen molar-refractivity contribution in [3.05, 3.63) is 28.5 Å². The molecule has 2 bridgehead atoms. The molecule has 1 amide bonds. The van der Waals surface area contributed by atoms with E-state index in [1.165, 1.54) is 31.4 Å². The molecule has 23 heavy (non-hydrogen) atoms. The maximum Gasteiger partial charge on any atom is 0.306 e. The third kappa shape index (κ3) is 4.10. The molecule has 124 valence electrons. The van der Waals surface area contributed by atoms with E-state index in [0.717, 1.165) is 12.3 Å². The average molecular weight is 384 g/mol. The van der Waals surface area contributed by atoms with Crippen molar-refractivity contribution in [2.45, 2.75) is 32.1 Å². The van der Waals surface area contributed by atoms with E-state index >= 15 is 0 Å². The Labute approximate surface area is 142 Å². The molecule has 2 aliphatic carbocycles. The minimum absolute atomic E-state index is 0.0716. The van der Waals surface area contributed by atoms with Crippen LogP contribution in [0.3, 0.4) is 0 Å². The SMILES string of the molecule is O=C(COC(=O)C[C@@H]1C[C@@H]2CC[C@@H]1C2)Nc1ccc(Br)cc1F. The van der Waals surface area contributed by atoms with Gasteiger partial charge in [0.25, 0.3) is 5.91 Å². The summed E-state index contributed by atoms with van der Waals surface area (Å²) in [4.78, 5) is 23.6. The molecular weight excluding hydrogens is 365 g/mol. The first-order valence-corrected chi connectivity index (χ1v) is 8.71. The Morgan fingerprint density at radius 3 is 2.78 bits per heavy atom. The molecule has 2 aliphatic rings. The second-order valence-corrected chi connectivity index (χ2v) is 7.39. The van der Waals surface area contributed by atoms with Gasteiger partial charge in [0.1, 0.15) is 5.82 Å². The maximum atomic E-state index is 13.6. The Balaban J connectivity index is 1.42. The van der Waals surface area contributed by atoms with Crippen LogP contribution in [0.5, 0.6) is 0 Å². The molecule has 0 aromatic heterocycles. The molecule has 0 heterocycles. The highest BCUT2D eigenvalue weighted by Gasteiger charge is 2.40. The Hall–Kier alpha value is -1.43. The molecule has 6 heteroatoms. The van der Waals surface area contributed by atoms with E-state index in [-0.39, 0.29) is 18.3 Å². The molecule has 0 unspecified atom stereocenters. The van der Waals surface area contributed by atoms with Gasteiger partial charge < -0.3 is 10.1 Å². The van der Waals surface area contributed by atoms with Gasteiger partial charge in [-0.25, -0.2) is 4.39 Å². The number of benzene rings is 1. The molecule has 0 radical (unpaired) electrons. The normalized spacial score (nSPS) is 25.4. The smallest absolute Gasteiger partial charge is 0.306 e. The van der Waals surface area contributed by atoms with Gasteiger partial charge in [0.05, 0.1) is 5.69 Å². The lowest BCUT2D eigenvalue weighted by Gasteiger charge is -2.20. The molecule has 0 saturated heterocycles. The lowest BCUT2D eigenvalue weighted by Crippen LogP contribution is -2.23. The molecule has 0 spiro atoms. The number of rotatable bonds is 5. The number of carbonyl (C=O) groups is 2. The number of carbonyl (C=O) groups excluding carboxylic acids is 2. The molecule has 3 rings (SSSR count). The molecule has 3 atom stereocenters. The van der Waals surface area contributed by atoms with Gasteiger partial charge in [0.2, 0.25) is 0 Å². The zero-order chi connectivity index (χ0) is 16.4. The van der Waals surface area contributed by atoms with Crippen molar-refractivity contribution in [2.24, 2.45) is 17.8 Å². The van der Waals surface area contributed by atoms with Crippen molar-refractivity contribution in [3.63, 3.8) is 0 Å². The summed E-state index contributed by atoms with van der Waals surface area (Å²) in [5.41, 5.74) is 0.0716. The molecule has 1 aromatic rings. The highest BCUT2D eigenvalue weighted by molar-refractivity contribution is 9.10. The van der Waals surface area contributed by atoms with E-state index in [4.69, 9.17) is 4.74 Å². The van der Waals surface area contributed by atoms with Gasteiger partial charge in [-0.1, -0.05) is 22.4 Å². The largest absolute Gasteiger partial charge is 0.456 e. The first-order valence-electron chi connectivity index (χ1n) is 7.92. The van der Waals surface area contributed by atoms with Crippen LogP contribution in [0.2, 0.25) is 0 Å². The van der Waals surface area contributed by atoms with Crippen LogP contribution >= 0.6 is 15.9 Å². The van der Waals surface area contributed by atoms with Crippen molar-refractivity contribution in [1.82, 2.24) is 0 Å². The number of amides is 1. The van der Waals surface area contributed by atoms with E-state index < -0.39 is 11.7 Å². The number of ether oxygens (including phenoxy) is 1. The van der Waals surface area contributed by atoms with Crippen LogP contribution in [0.4, 0.5) is 10.1 Å². The highest BCUT2D eigenvalue weighted by atomic mass is 79.9. The lowest BCUT2D eigenvalue weighted by molar-refractivity contribution is -0.148. The van der Waals surface area contributed by atoms with Crippen molar-refractivity contribution in [3.8, 4) is 0 Å². The van der Waals surface area contributed by atoms with Crippen LogP contribution < -0.4 is 5.32 Å². The maximum absolute atomic E-state index is 13.6. The fourth-order valence-electron chi connectivity index (χ4n) is 3.82. The van der Waals surface area contributed by atoms with Crippen LogP contribution in [-0.2, 0) is 14.3 Å². The second kappa shape index (κ2) is 6.99. The summed E-state index contributed by atoms with van der Waals surface area (Å²) in [6.45, 7) is -0.380. The number of hydrogen-bond donors (Lipinski definition) is 1. The number of nitrogens with one attached hydrogen (secondary N) is 1. The number of anilines is 1. The summed E-state index contributed by atoms with van der Waals surface area (Å²) < 4.78 is 19.2. The second-order valence-electron chi connectivity index (χ2n) is 6.47. The summed E-state index contributed by atoms with van der Waals surface area (Å²) >= 11 is 3.15. The summed E-state index contributed by atoms with van der Waals surface area (Å²) in [6, 6.07) is 4.34. The number of halogens is 2.